The van der Waals surface area contributed by atoms with Crippen molar-refractivity contribution in [3.63, 3.8) is 0 Å². The van der Waals surface area contributed by atoms with Gasteiger partial charge in [0.05, 0.1) is 0 Å². The Morgan fingerprint density at radius 1 is 1.29 bits per heavy atom. The summed E-state index contributed by atoms with van der Waals surface area (Å²) in [4.78, 5) is 0. The molecule has 1 aliphatic rings. The van der Waals surface area contributed by atoms with Crippen molar-refractivity contribution >= 4 is 0 Å². The van der Waals surface area contributed by atoms with Crippen molar-refractivity contribution in [2.24, 2.45) is 11.8 Å². The molecular weight excluding hydrogens is 186 g/mol. The molecule has 0 aromatic carbocycles. The number of hydrogen-bond acceptors (Lipinski definition) is 1. The third kappa shape index (κ3) is 4.89. The third-order valence-corrected chi connectivity index (χ3v) is 2.37. The fourth-order valence-electron chi connectivity index (χ4n) is 2.11. The lowest BCUT2D eigenvalue weighted by molar-refractivity contribution is -0.0796. The molecule has 14 heavy (non-hydrogen) atoms. The normalized spacial score (nSPS) is 30.4. The van der Waals surface area contributed by atoms with Crippen molar-refractivity contribution in [1.82, 2.24) is 0 Å². The Labute approximate surface area is 85.8 Å². The zero-order chi connectivity index (χ0) is 11.2. The maximum atomic E-state index is 13.0. The van der Waals surface area contributed by atoms with Gasteiger partial charge in [0.2, 0.25) is 5.92 Å². The Morgan fingerprint density at radius 3 is 2.29 bits per heavy atom. The Balaban J connectivity index is 0.000000791. The summed E-state index contributed by atoms with van der Waals surface area (Å²) in [5.41, 5.74) is 0. The second-order valence-electron chi connectivity index (χ2n) is 3.93. The highest BCUT2D eigenvalue weighted by Gasteiger charge is 2.39. The summed E-state index contributed by atoms with van der Waals surface area (Å²) in [5, 5.41) is 0. The van der Waals surface area contributed by atoms with Crippen LogP contribution in [0.4, 0.5) is 8.78 Å². The van der Waals surface area contributed by atoms with Crippen LogP contribution in [-0.4, -0.2) is 19.6 Å². The minimum absolute atomic E-state index is 0.00514. The van der Waals surface area contributed by atoms with Gasteiger partial charge in [-0.2, -0.15) is 0 Å². The maximum Gasteiger partial charge on any atom is 0.248 e. The van der Waals surface area contributed by atoms with Crippen molar-refractivity contribution in [3.8, 4) is 0 Å². The molecule has 1 saturated carbocycles. The first-order valence-electron chi connectivity index (χ1n) is 5.40. The molecule has 0 saturated heterocycles. The SMILES string of the molecule is CC.COCC1CC(C)CC(F)(F)C1. The standard InChI is InChI=1S/C9H16F2O.C2H6/c1-7-3-8(6-12-2)5-9(10,11)4-7;1-2/h7-8H,3-6H2,1-2H3;1-2H3. The molecule has 2 atom stereocenters. The van der Waals surface area contributed by atoms with E-state index in [0.29, 0.717) is 6.61 Å². The smallest absolute Gasteiger partial charge is 0.248 e. The van der Waals surface area contributed by atoms with E-state index in [1.165, 1.54) is 0 Å². The molecule has 2 unspecified atom stereocenters. The molecule has 0 spiro atoms. The van der Waals surface area contributed by atoms with Crippen molar-refractivity contribution in [1.29, 1.82) is 0 Å². The first-order valence-corrected chi connectivity index (χ1v) is 5.40. The zero-order valence-electron chi connectivity index (χ0n) is 9.65. The van der Waals surface area contributed by atoms with Crippen molar-refractivity contribution in [2.45, 2.75) is 46.0 Å². The maximum absolute atomic E-state index is 13.0. The molecule has 0 radical (unpaired) electrons. The van der Waals surface area contributed by atoms with Crippen LogP contribution in [0.1, 0.15) is 40.0 Å². The Bertz CT molecular complexity index is 148. The molecule has 86 valence electrons. The van der Waals surface area contributed by atoms with Crippen LogP contribution in [0.25, 0.3) is 0 Å². The first kappa shape index (κ1) is 13.8. The summed E-state index contributed by atoms with van der Waals surface area (Å²) in [6.45, 7) is 6.36. The number of methoxy groups -OCH3 is 1. The monoisotopic (exact) mass is 208 g/mol. The number of hydrogen-bond donors (Lipinski definition) is 0. The second kappa shape index (κ2) is 6.33. The van der Waals surface area contributed by atoms with Crippen molar-refractivity contribution in [2.75, 3.05) is 13.7 Å². The molecule has 0 heterocycles. The van der Waals surface area contributed by atoms with Gasteiger partial charge in [-0.25, -0.2) is 8.78 Å². The van der Waals surface area contributed by atoms with E-state index >= 15 is 0 Å². The molecule has 1 fully saturated rings. The van der Waals surface area contributed by atoms with Crippen LogP contribution in [-0.2, 0) is 4.74 Å². The van der Waals surface area contributed by atoms with Gasteiger partial charge in [-0.3, -0.25) is 0 Å². The highest BCUT2D eigenvalue weighted by atomic mass is 19.3. The average molecular weight is 208 g/mol. The van der Waals surface area contributed by atoms with E-state index in [1.807, 2.05) is 20.8 Å². The minimum Gasteiger partial charge on any atom is -0.384 e. The molecule has 1 nitrogen and oxygen atoms in total. The number of alkyl halides is 2. The first-order chi connectivity index (χ1) is 6.53. The van der Waals surface area contributed by atoms with Crippen LogP contribution in [0.5, 0.6) is 0 Å². The van der Waals surface area contributed by atoms with Crippen LogP contribution in [0.2, 0.25) is 0 Å². The van der Waals surface area contributed by atoms with Crippen LogP contribution >= 0.6 is 0 Å². The summed E-state index contributed by atoms with van der Waals surface area (Å²) >= 11 is 0. The van der Waals surface area contributed by atoms with Gasteiger partial charge in [-0.1, -0.05) is 20.8 Å². The van der Waals surface area contributed by atoms with E-state index in [0.717, 1.165) is 6.42 Å². The van der Waals surface area contributed by atoms with Gasteiger partial charge in [-0.15, -0.1) is 0 Å². The number of ether oxygens (including phenoxy) is 1. The van der Waals surface area contributed by atoms with E-state index in [2.05, 4.69) is 0 Å². The quantitative estimate of drug-likeness (QED) is 0.672. The van der Waals surface area contributed by atoms with E-state index in [4.69, 9.17) is 4.74 Å². The summed E-state index contributed by atoms with van der Waals surface area (Å²) in [6.07, 6.45) is 0.932. The van der Waals surface area contributed by atoms with E-state index in [-0.39, 0.29) is 24.7 Å². The van der Waals surface area contributed by atoms with Gasteiger partial charge in [0, 0.05) is 26.6 Å². The molecule has 0 aliphatic heterocycles. The Morgan fingerprint density at radius 2 is 1.86 bits per heavy atom. The predicted molar refractivity (Wildman–Crippen MR) is 54.7 cm³/mol. The lowest BCUT2D eigenvalue weighted by atomic mass is 9.80. The Kier molecular flexibility index (Phi) is 6.25. The predicted octanol–water partition coefficient (Wildman–Crippen LogP) is 3.73. The zero-order valence-corrected chi connectivity index (χ0v) is 9.65. The van der Waals surface area contributed by atoms with Gasteiger partial charge < -0.3 is 4.74 Å². The number of halogens is 2. The van der Waals surface area contributed by atoms with Crippen LogP contribution in [0.3, 0.4) is 0 Å². The highest BCUT2D eigenvalue weighted by molar-refractivity contribution is 4.81. The molecule has 0 N–H and O–H groups in total. The molecule has 0 aromatic rings. The molecule has 1 rings (SSSR count). The summed E-state index contributed by atoms with van der Waals surface area (Å²) < 4.78 is 30.8. The topological polar surface area (TPSA) is 9.23 Å². The highest BCUT2D eigenvalue weighted by Crippen LogP contribution is 2.39. The van der Waals surface area contributed by atoms with E-state index in [1.54, 1.807) is 7.11 Å². The van der Waals surface area contributed by atoms with Crippen LogP contribution in [0.15, 0.2) is 0 Å². The fraction of sp³-hybridized carbons (Fsp3) is 1.00. The second-order valence-corrected chi connectivity index (χ2v) is 3.93. The van der Waals surface area contributed by atoms with Crippen LogP contribution < -0.4 is 0 Å². The lowest BCUT2D eigenvalue weighted by Gasteiger charge is -2.32. The molecule has 0 bridgehead atoms. The third-order valence-electron chi connectivity index (χ3n) is 2.37. The van der Waals surface area contributed by atoms with E-state index < -0.39 is 5.92 Å². The summed E-state index contributed by atoms with van der Waals surface area (Å²) in [7, 11) is 1.57. The average Bonchev–Trinajstić information content (AvgIpc) is 2.04. The lowest BCUT2D eigenvalue weighted by Crippen LogP contribution is -2.32. The van der Waals surface area contributed by atoms with Gasteiger partial charge in [0.25, 0.3) is 0 Å². The summed E-state index contributed by atoms with van der Waals surface area (Å²) in [5.74, 6) is -2.27. The fourth-order valence-corrected chi connectivity index (χ4v) is 2.11. The van der Waals surface area contributed by atoms with Gasteiger partial charge in [-0.05, 0) is 18.3 Å². The van der Waals surface area contributed by atoms with Crippen molar-refractivity contribution in [3.05, 3.63) is 0 Å². The van der Waals surface area contributed by atoms with Crippen LogP contribution in [0, 0.1) is 11.8 Å². The van der Waals surface area contributed by atoms with Gasteiger partial charge in [0.1, 0.15) is 0 Å². The van der Waals surface area contributed by atoms with Gasteiger partial charge in [0.15, 0.2) is 0 Å². The Hall–Kier alpha value is -0.180. The molecule has 0 aromatic heterocycles. The molecular formula is C11H22F2O. The minimum atomic E-state index is -2.46. The largest absolute Gasteiger partial charge is 0.384 e. The molecule has 3 heteroatoms. The van der Waals surface area contributed by atoms with E-state index in [9.17, 15) is 8.78 Å². The number of rotatable bonds is 2. The van der Waals surface area contributed by atoms with Crippen molar-refractivity contribution < 1.29 is 13.5 Å². The summed E-state index contributed by atoms with van der Waals surface area (Å²) in [6, 6.07) is 0. The molecule has 0 amide bonds. The molecule has 1 aliphatic carbocycles. The van der Waals surface area contributed by atoms with Gasteiger partial charge >= 0.3 is 0 Å².